The Morgan fingerprint density at radius 2 is 1.95 bits per heavy atom. The van der Waals surface area contributed by atoms with Gasteiger partial charge >= 0.3 is 0 Å². The molecular weight excluding hydrogens is 295 g/mol. The summed E-state index contributed by atoms with van der Waals surface area (Å²) in [4.78, 5) is 7.05. The number of aromatic nitrogens is 2. The molecule has 0 bridgehead atoms. The molecule has 0 unspecified atom stereocenters. The molecule has 1 aromatic heterocycles. The molecule has 112 valence electrons. The van der Waals surface area contributed by atoms with E-state index in [-0.39, 0.29) is 5.95 Å². The summed E-state index contributed by atoms with van der Waals surface area (Å²) < 4.78 is 40.3. The monoisotopic (exact) mass is 310 g/mol. The molecule has 2 N–H and O–H groups in total. The molecule has 0 amide bonds. The molecule has 21 heavy (non-hydrogen) atoms. The molecule has 0 atom stereocenters. The highest BCUT2D eigenvalue weighted by Crippen LogP contribution is 2.18. The van der Waals surface area contributed by atoms with E-state index in [0.717, 1.165) is 6.54 Å². The van der Waals surface area contributed by atoms with Gasteiger partial charge in [-0.25, -0.2) is 27.5 Å². The highest BCUT2D eigenvalue weighted by Gasteiger charge is 2.20. The SMILES string of the molecule is CCNCc1ccc(S(=O)(=O)Nc2ncccn2)c(F)c1. The first kappa shape index (κ1) is 15.3. The third-order valence-corrected chi connectivity index (χ3v) is 4.02. The summed E-state index contributed by atoms with van der Waals surface area (Å²) >= 11 is 0. The molecule has 0 spiro atoms. The Kier molecular flexibility index (Phi) is 4.81. The minimum Gasteiger partial charge on any atom is -0.313 e. The quantitative estimate of drug-likeness (QED) is 0.845. The molecule has 0 aliphatic rings. The van der Waals surface area contributed by atoms with Gasteiger partial charge in [0.05, 0.1) is 0 Å². The van der Waals surface area contributed by atoms with Gasteiger partial charge in [0, 0.05) is 18.9 Å². The average Bonchev–Trinajstić information content (AvgIpc) is 2.45. The fourth-order valence-corrected chi connectivity index (χ4v) is 2.69. The van der Waals surface area contributed by atoms with Crippen molar-refractivity contribution in [2.75, 3.05) is 11.3 Å². The summed E-state index contributed by atoms with van der Waals surface area (Å²) in [6.45, 7) is 3.15. The van der Waals surface area contributed by atoms with Gasteiger partial charge in [0.25, 0.3) is 10.0 Å². The summed E-state index contributed by atoms with van der Waals surface area (Å²) in [6.07, 6.45) is 2.78. The van der Waals surface area contributed by atoms with Crippen molar-refractivity contribution >= 4 is 16.0 Å². The third kappa shape index (κ3) is 3.96. The van der Waals surface area contributed by atoms with Crippen LogP contribution in [-0.2, 0) is 16.6 Å². The second-order valence-electron chi connectivity index (χ2n) is 4.22. The highest BCUT2D eigenvalue weighted by molar-refractivity contribution is 7.92. The molecule has 0 saturated heterocycles. The van der Waals surface area contributed by atoms with Gasteiger partial charge in [0.1, 0.15) is 10.7 Å². The van der Waals surface area contributed by atoms with Crippen LogP contribution in [0.15, 0.2) is 41.6 Å². The number of benzene rings is 1. The van der Waals surface area contributed by atoms with Crippen molar-refractivity contribution in [1.29, 1.82) is 0 Å². The van der Waals surface area contributed by atoms with Gasteiger partial charge in [0.2, 0.25) is 5.95 Å². The highest BCUT2D eigenvalue weighted by atomic mass is 32.2. The largest absolute Gasteiger partial charge is 0.313 e. The van der Waals surface area contributed by atoms with Crippen LogP contribution in [0.25, 0.3) is 0 Å². The lowest BCUT2D eigenvalue weighted by molar-refractivity contribution is 0.567. The number of rotatable bonds is 6. The van der Waals surface area contributed by atoms with Crippen LogP contribution in [0.4, 0.5) is 10.3 Å². The molecule has 6 nitrogen and oxygen atoms in total. The number of hydrogen-bond donors (Lipinski definition) is 2. The normalized spacial score (nSPS) is 11.3. The standard InChI is InChI=1S/C13H15FN4O2S/c1-2-15-9-10-4-5-12(11(14)8-10)21(19,20)18-13-16-6-3-7-17-13/h3-8,15H,2,9H2,1H3,(H,16,17,18). The maximum absolute atomic E-state index is 14.0. The predicted molar refractivity (Wildman–Crippen MR) is 76.6 cm³/mol. The van der Waals surface area contributed by atoms with Crippen LogP contribution in [0, 0.1) is 5.82 Å². The zero-order valence-corrected chi connectivity index (χ0v) is 12.2. The van der Waals surface area contributed by atoms with Crippen LogP contribution in [0.5, 0.6) is 0 Å². The summed E-state index contributed by atoms with van der Waals surface area (Å²) in [5.41, 5.74) is 0.671. The van der Waals surface area contributed by atoms with Gasteiger partial charge in [-0.1, -0.05) is 13.0 Å². The molecule has 0 saturated carbocycles. The first-order valence-electron chi connectivity index (χ1n) is 6.32. The van der Waals surface area contributed by atoms with Gasteiger partial charge in [-0.3, -0.25) is 0 Å². The van der Waals surface area contributed by atoms with Gasteiger partial charge < -0.3 is 5.32 Å². The van der Waals surface area contributed by atoms with E-state index in [1.807, 2.05) is 6.92 Å². The zero-order chi connectivity index (χ0) is 15.3. The Morgan fingerprint density at radius 3 is 2.57 bits per heavy atom. The smallest absolute Gasteiger partial charge is 0.267 e. The Labute approximate surface area is 122 Å². The number of nitrogens with one attached hydrogen (secondary N) is 2. The fraction of sp³-hybridized carbons (Fsp3) is 0.231. The van der Waals surface area contributed by atoms with E-state index in [4.69, 9.17) is 0 Å². The van der Waals surface area contributed by atoms with Crippen molar-refractivity contribution < 1.29 is 12.8 Å². The van der Waals surface area contributed by atoms with Crippen LogP contribution in [0.1, 0.15) is 12.5 Å². The number of sulfonamides is 1. The average molecular weight is 310 g/mol. The summed E-state index contributed by atoms with van der Waals surface area (Å²) in [5, 5.41) is 3.04. The molecule has 8 heteroatoms. The van der Waals surface area contributed by atoms with E-state index in [2.05, 4.69) is 20.0 Å². The Bertz CT molecular complexity index is 707. The maximum Gasteiger partial charge on any atom is 0.267 e. The lowest BCUT2D eigenvalue weighted by Crippen LogP contribution is -2.17. The van der Waals surface area contributed by atoms with E-state index in [0.29, 0.717) is 12.1 Å². The van der Waals surface area contributed by atoms with Crippen molar-refractivity contribution in [1.82, 2.24) is 15.3 Å². The molecule has 2 rings (SSSR count). The first-order valence-corrected chi connectivity index (χ1v) is 7.80. The molecule has 2 aromatic rings. The number of halogens is 1. The molecule has 0 fully saturated rings. The Balaban J connectivity index is 2.24. The maximum atomic E-state index is 14.0. The zero-order valence-electron chi connectivity index (χ0n) is 11.4. The number of anilines is 1. The molecule has 0 aliphatic heterocycles. The predicted octanol–water partition coefficient (Wildman–Crippen LogP) is 1.53. The first-order chi connectivity index (χ1) is 10.0. The molecule has 1 aromatic carbocycles. The number of hydrogen-bond acceptors (Lipinski definition) is 5. The van der Waals surface area contributed by atoms with E-state index in [1.54, 1.807) is 12.1 Å². The minimum atomic E-state index is -4.05. The second kappa shape index (κ2) is 6.59. The molecular formula is C13H15FN4O2S. The summed E-state index contributed by atoms with van der Waals surface area (Å²) in [5.74, 6) is -0.914. The Morgan fingerprint density at radius 1 is 1.24 bits per heavy atom. The lowest BCUT2D eigenvalue weighted by atomic mass is 10.2. The van der Waals surface area contributed by atoms with Crippen LogP contribution in [0.2, 0.25) is 0 Å². The van der Waals surface area contributed by atoms with E-state index >= 15 is 0 Å². The van der Waals surface area contributed by atoms with Gasteiger partial charge in [-0.15, -0.1) is 0 Å². The minimum absolute atomic E-state index is 0.103. The van der Waals surface area contributed by atoms with Crippen molar-refractivity contribution in [2.45, 2.75) is 18.4 Å². The van der Waals surface area contributed by atoms with Crippen molar-refractivity contribution in [3.05, 3.63) is 48.0 Å². The van der Waals surface area contributed by atoms with Gasteiger partial charge in [0.15, 0.2) is 0 Å². The molecule has 1 heterocycles. The fourth-order valence-electron chi connectivity index (χ4n) is 1.67. The summed E-state index contributed by atoms with van der Waals surface area (Å²) in [6, 6.07) is 5.54. The van der Waals surface area contributed by atoms with E-state index < -0.39 is 20.7 Å². The van der Waals surface area contributed by atoms with Crippen LogP contribution in [0.3, 0.4) is 0 Å². The van der Waals surface area contributed by atoms with E-state index in [1.165, 1.54) is 24.5 Å². The molecule has 0 aliphatic carbocycles. The summed E-state index contributed by atoms with van der Waals surface area (Å²) in [7, 11) is -4.05. The van der Waals surface area contributed by atoms with Crippen LogP contribution < -0.4 is 10.0 Å². The van der Waals surface area contributed by atoms with Gasteiger partial charge in [-0.05, 0) is 30.3 Å². The van der Waals surface area contributed by atoms with Crippen molar-refractivity contribution in [3.63, 3.8) is 0 Å². The van der Waals surface area contributed by atoms with Crippen molar-refractivity contribution in [2.24, 2.45) is 0 Å². The lowest BCUT2D eigenvalue weighted by Gasteiger charge is -2.09. The topological polar surface area (TPSA) is 84.0 Å². The number of nitrogens with zero attached hydrogens (tertiary/aromatic N) is 2. The van der Waals surface area contributed by atoms with Crippen molar-refractivity contribution in [3.8, 4) is 0 Å². The molecule has 0 radical (unpaired) electrons. The third-order valence-electron chi connectivity index (χ3n) is 2.66. The van der Waals surface area contributed by atoms with Crippen LogP contribution in [-0.4, -0.2) is 24.9 Å². The van der Waals surface area contributed by atoms with Gasteiger partial charge in [-0.2, -0.15) is 0 Å². The Hall–Kier alpha value is -2.06. The van der Waals surface area contributed by atoms with E-state index in [9.17, 15) is 12.8 Å². The second-order valence-corrected chi connectivity index (χ2v) is 5.87. The van der Waals surface area contributed by atoms with Crippen LogP contribution >= 0.6 is 0 Å².